The number of aliphatic hydroxyl groups excluding tert-OH is 1. The van der Waals surface area contributed by atoms with Crippen LogP contribution in [-0.4, -0.2) is 11.7 Å². The molecule has 3 N–H and O–H groups in total. The number of rotatable bonds is 2. The number of benzene rings is 1. The van der Waals surface area contributed by atoms with Gasteiger partial charge in [-0.05, 0) is 22.0 Å². The first kappa shape index (κ1) is 11.5. The third kappa shape index (κ3) is 1.92. The van der Waals surface area contributed by atoms with Crippen LogP contribution in [-0.2, 0) is 0 Å². The molecule has 1 atom stereocenters. The van der Waals surface area contributed by atoms with Crippen molar-refractivity contribution < 1.29 is 18.3 Å². The molecule has 0 aliphatic heterocycles. The zero-order valence-electron chi connectivity index (χ0n) is 6.90. The Morgan fingerprint density at radius 2 is 1.86 bits per heavy atom. The summed E-state index contributed by atoms with van der Waals surface area (Å²) in [5.41, 5.74) is 4.70. The van der Waals surface area contributed by atoms with Gasteiger partial charge >= 0.3 is 0 Å². The van der Waals surface area contributed by atoms with Gasteiger partial charge in [-0.25, -0.2) is 13.2 Å². The van der Waals surface area contributed by atoms with E-state index in [2.05, 4.69) is 15.9 Å². The normalized spacial score (nSPS) is 13.0. The molecule has 0 amide bonds. The van der Waals surface area contributed by atoms with Crippen molar-refractivity contribution in [2.24, 2.45) is 5.73 Å². The molecular weight excluding hydrogens is 263 g/mol. The molecule has 1 aromatic carbocycles. The van der Waals surface area contributed by atoms with Gasteiger partial charge < -0.3 is 10.8 Å². The van der Waals surface area contributed by atoms with Gasteiger partial charge in [-0.2, -0.15) is 0 Å². The predicted molar refractivity (Wildman–Crippen MR) is 48.0 cm³/mol. The molecule has 0 saturated heterocycles. The second kappa shape index (κ2) is 4.29. The van der Waals surface area contributed by atoms with E-state index in [4.69, 9.17) is 5.73 Å². The molecule has 1 unspecified atom stereocenters. The molecule has 0 heterocycles. The minimum Gasteiger partial charge on any atom is -0.387 e. The summed E-state index contributed by atoms with van der Waals surface area (Å²) in [5.74, 6) is -4.36. The average Bonchev–Trinajstić information content (AvgIpc) is 2.19. The van der Waals surface area contributed by atoms with Crippen LogP contribution in [0.2, 0.25) is 0 Å². The Bertz CT molecular complexity index is 359. The van der Waals surface area contributed by atoms with Crippen molar-refractivity contribution in [3.8, 4) is 0 Å². The van der Waals surface area contributed by atoms with Crippen molar-refractivity contribution in [2.75, 3.05) is 6.54 Å². The summed E-state index contributed by atoms with van der Waals surface area (Å²) < 4.78 is 38.4. The van der Waals surface area contributed by atoms with E-state index in [1.165, 1.54) is 0 Å². The maximum absolute atomic E-state index is 13.0. The van der Waals surface area contributed by atoms with Gasteiger partial charge in [-0.15, -0.1) is 0 Å². The molecule has 0 aliphatic rings. The van der Waals surface area contributed by atoms with E-state index in [1.54, 1.807) is 0 Å². The highest BCUT2D eigenvalue weighted by Crippen LogP contribution is 2.27. The van der Waals surface area contributed by atoms with Gasteiger partial charge in [-0.1, -0.05) is 0 Å². The molecule has 0 spiro atoms. The summed E-state index contributed by atoms with van der Waals surface area (Å²) in [6.07, 6.45) is -1.35. The average molecular weight is 270 g/mol. The molecule has 0 radical (unpaired) electrons. The van der Waals surface area contributed by atoms with Gasteiger partial charge in [-0.3, -0.25) is 0 Å². The molecule has 1 rings (SSSR count). The molecule has 0 saturated carbocycles. The number of aliphatic hydroxyl groups is 1. The van der Waals surface area contributed by atoms with Crippen LogP contribution >= 0.6 is 15.9 Å². The highest BCUT2D eigenvalue weighted by atomic mass is 79.9. The highest BCUT2D eigenvalue weighted by Gasteiger charge is 2.20. The summed E-state index contributed by atoms with van der Waals surface area (Å²) in [6.45, 7) is -0.269. The second-order valence-corrected chi connectivity index (χ2v) is 3.50. The minimum atomic E-state index is -1.62. The molecule has 0 aliphatic carbocycles. The lowest BCUT2D eigenvalue weighted by Gasteiger charge is -2.10. The van der Waals surface area contributed by atoms with E-state index < -0.39 is 23.6 Å². The predicted octanol–water partition coefficient (Wildman–Crippen LogP) is 1.86. The van der Waals surface area contributed by atoms with Crippen molar-refractivity contribution in [1.82, 2.24) is 0 Å². The van der Waals surface area contributed by atoms with E-state index in [9.17, 15) is 18.3 Å². The minimum absolute atomic E-state index is 0.251. The summed E-state index contributed by atoms with van der Waals surface area (Å²) in [5, 5.41) is 9.17. The van der Waals surface area contributed by atoms with Gasteiger partial charge in [0.25, 0.3) is 0 Å². The summed E-state index contributed by atoms with van der Waals surface area (Å²) in [4.78, 5) is 0. The van der Waals surface area contributed by atoms with Crippen LogP contribution < -0.4 is 5.73 Å². The van der Waals surface area contributed by atoms with Crippen LogP contribution in [0.4, 0.5) is 13.2 Å². The zero-order valence-corrected chi connectivity index (χ0v) is 8.48. The second-order valence-electron chi connectivity index (χ2n) is 2.64. The molecule has 2 nitrogen and oxygen atoms in total. The topological polar surface area (TPSA) is 46.2 Å². The van der Waals surface area contributed by atoms with Gasteiger partial charge in [0.15, 0.2) is 17.5 Å². The molecule has 1 aromatic rings. The van der Waals surface area contributed by atoms with Crippen LogP contribution in [0.1, 0.15) is 11.7 Å². The first-order chi connectivity index (χ1) is 6.49. The number of hydrogen-bond donors (Lipinski definition) is 2. The molecule has 0 aromatic heterocycles. The molecule has 0 bridgehead atoms. The smallest absolute Gasteiger partial charge is 0.195 e. The van der Waals surface area contributed by atoms with E-state index in [0.29, 0.717) is 0 Å². The van der Waals surface area contributed by atoms with Crippen molar-refractivity contribution in [1.29, 1.82) is 0 Å². The monoisotopic (exact) mass is 269 g/mol. The summed E-state index contributed by atoms with van der Waals surface area (Å²) in [6, 6.07) is 0.964. The van der Waals surface area contributed by atoms with Crippen molar-refractivity contribution in [3.63, 3.8) is 0 Å². The van der Waals surface area contributed by atoms with E-state index >= 15 is 0 Å². The lowest BCUT2D eigenvalue weighted by molar-refractivity contribution is 0.180. The number of nitrogens with two attached hydrogens (primary N) is 1. The Kier molecular flexibility index (Phi) is 3.52. The van der Waals surface area contributed by atoms with Crippen molar-refractivity contribution >= 4 is 15.9 Å². The van der Waals surface area contributed by atoms with Crippen molar-refractivity contribution in [3.05, 3.63) is 33.6 Å². The third-order valence-electron chi connectivity index (χ3n) is 1.71. The third-order valence-corrected chi connectivity index (χ3v) is 2.29. The molecule has 0 fully saturated rings. The van der Waals surface area contributed by atoms with Crippen molar-refractivity contribution in [2.45, 2.75) is 6.10 Å². The zero-order chi connectivity index (χ0) is 10.9. The van der Waals surface area contributed by atoms with Gasteiger partial charge in [0, 0.05) is 12.1 Å². The summed E-state index contributed by atoms with van der Waals surface area (Å²) >= 11 is 2.69. The number of halogens is 4. The largest absolute Gasteiger partial charge is 0.387 e. The lowest BCUT2D eigenvalue weighted by atomic mass is 10.1. The molecule has 14 heavy (non-hydrogen) atoms. The van der Waals surface area contributed by atoms with Gasteiger partial charge in [0.05, 0.1) is 10.6 Å². The van der Waals surface area contributed by atoms with E-state index in [-0.39, 0.29) is 16.6 Å². The Morgan fingerprint density at radius 3 is 2.36 bits per heavy atom. The molecular formula is C8H7BrF3NO. The lowest BCUT2D eigenvalue weighted by Crippen LogP contribution is -2.14. The fraction of sp³-hybridized carbons (Fsp3) is 0.250. The van der Waals surface area contributed by atoms with Crippen LogP contribution in [0, 0.1) is 17.5 Å². The van der Waals surface area contributed by atoms with Gasteiger partial charge in [0.1, 0.15) is 0 Å². The quantitative estimate of drug-likeness (QED) is 0.636. The maximum atomic E-state index is 13.0. The Balaban J connectivity index is 3.33. The standard InChI is InChI=1S/C8H7BrF3NO/c9-4-1-3(5(14)2-13)6(10)8(12)7(4)11/h1,5,14H,2,13H2. The first-order valence-corrected chi connectivity index (χ1v) is 4.49. The van der Waals surface area contributed by atoms with Gasteiger partial charge in [0.2, 0.25) is 0 Å². The van der Waals surface area contributed by atoms with E-state index in [0.717, 1.165) is 6.07 Å². The highest BCUT2D eigenvalue weighted by molar-refractivity contribution is 9.10. The van der Waals surface area contributed by atoms with Crippen LogP contribution in [0.3, 0.4) is 0 Å². The van der Waals surface area contributed by atoms with Crippen LogP contribution in [0.25, 0.3) is 0 Å². The SMILES string of the molecule is NCC(O)c1cc(Br)c(F)c(F)c1F. The first-order valence-electron chi connectivity index (χ1n) is 3.70. The molecule has 6 heteroatoms. The Hall–Kier alpha value is -0.590. The van der Waals surface area contributed by atoms with E-state index in [1.807, 2.05) is 0 Å². The fourth-order valence-electron chi connectivity index (χ4n) is 0.961. The maximum Gasteiger partial charge on any atom is 0.195 e. The van der Waals surface area contributed by atoms with Crippen LogP contribution in [0.15, 0.2) is 10.5 Å². The fourth-order valence-corrected chi connectivity index (χ4v) is 1.38. The Morgan fingerprint density at radius 1 is 1.29 bits per heavy atom. The number of hydrogen-bond acceptors (Lipinski definition) is 2. The summed E-state index contributed by atoms with van der Waals surface area (Å²) in [7, 11) is 0. The Labute approximate surface area is 86.7 Å². The van der Waals surface area contributed by atoms with Crippen LogP contribution in [0.5, 0.6) is 0 Å². The molecule has 78 valence electrons.